The number of alkyl halides is 1. The van der Waals surface area contributed by atoms with Crippen molar-refractivity contribution in [1.29, 1.82) is 5.41 Å². The zero-order valence-corrected chi connectivity index (χ0v) is 30.1. The summed E-state index contributed by atoms with van der Waals surface area (Å²) in [5.41, 5.74) is 6.74. The Morgan fingerprint density at radius 2 is 1.29 bits per heavy atom. The van der Waals surface area contributed by atoms with Crippen LogP contribution < -0.4 is 14.8 Å². The average molecular weight is 732 g/mol. The third kappa shape index (κ3) is 12.2. The molecule has 3 heterocycles. The van der Waals surface area contributed by atoms with Gasteiger partial charge in [0, 0.05) is 36.6 Å². The number of aromatic nitrogens is 2. The van der Waals surface area contributed by atoms with E-state index in [1.54, 1.807) is 6.92 Å². The van der Waals surface area contributed by atoms with Gasteiger partial charge in [0.15, 0.2) is 5.17 Å². The van der Waals surface area contributed by atoms with Crippen molar-refractivity contribution in [2.24, 2.45) is 0 Å². The Kier molecular flexibility index (Phi) is 14.6. The molecule has 8 nitrogen and oxygen atoms in total. The van der Waals surface area contributed by atoms with E-state index in [0.29, 0.717) is 26.1 Å². The van der Waals surface area contributed by atoms with E-state index in [1.165, 1.54) is 22.9 Å². The van der Waals surface area contributed by atoms with E-state index in [1.807, 2.05) is 67.0 Å². The van der Waals surface area contributed by atoms with Crippen LogP contribution in [0.4, 0.5) is 0 Å². The Labute approximate surface area is 296 Å². The minimum absolute atomic E-state index is 0.0862. The van der Waals surface area contributed by atoms with Crippen LogP contribution in [0.2, 0.25) is 0 Å². The molecule has 1 amide bonds. The number of ether oxygens (including phenoxy) is 2. The van der Waals surface area contributed by atoms with Gasteiger partial charge in [0.2, 0.25) is 5.91 Å². The first kappa shape index (κ1) is 36.8. The van der Waals surface area contributed by atoms with Gasteiger partial charge in [-0.3, -0.25) is 25.0 Å². The van der Waals surface area contributed by atoms with Crippen molar-refractivity contribution in [3.63, 3.8) is 0 Å². The standard InChI is InChI=1S/C19H22BrNO2.C19H21N3O2S/c1-3-15-4-7-17(21-13-15)10-11-23-18-8-5-16(6-9-18)12-19(20)14(2)22;1-2-13-3-6-15(21-12-13)9-10-24-16-7-4-14(5-8-16)11-17-18(23)22-19(20)25-17/h4-9,13,19H,3,10-12H2,1-2H3;3-8,12,17H,2,9-11H2,1H3,(H2,20,22,23). The van der Waals surface area contributed by atoms with Gasteiger partial charge in [0.1, 0.15) is 17.3 Å². The van der Waals surface area contributed by atoms with Gasteiger partial charge in [-0.05, 0) is 91.3 Å². The number of benzene rings is 2. The third-order valence-corrected chi connectivity index (χ3v) is 9.73. The zero-order valence-electron chi connectivity index (χ0n) is 27.7. The van der Waals surface area contributed by atoms with Crippen molar-refractivity contribution in [1.82, 2.24) is 15.3 Å². The molecule has 2 atom stereocenters. The van der Waals surface area contributed by atoms with Gasteiger partial charge in [-0.2, -0.15) is 0 Å². The van der Waals surface area contributed by atoms with E-state index < -0.39 is 0 Å². The Morgan fingerprint density at radius 3 is 1.69 bits per heavy atom. The van der Waals surface area contributed by atoms with Gasteiger partial charge in [-0.15, -0.1) is 0 Å². The average Bonchev–Trinajstić information content (AvgIpc) is 3.42. The highest BCUT2D eigenvalue weighted by Crippen LogP contribution is 2.23. The summed E-state index contributed by atoms with van der Waals surface area (Å²) in [7, 11) is 0. The highest BCUT2D eigenvalue weighted by atomic mass is 79.9. The lowest BCUT2D eigenvalue weighted by molar-refractivity contribution is -0.119. The maximum atomic E-state index is 11.7. The predicted molar refractivity (Wildman–Crippen MR) is 197 cm³/mol. The lowest BCUT2D eigenvalue weighted by atomic mass is 10.1. The van der Waals surface area contributed by atoms with Crippen LogP contribution in [0.3, 0.4) is 0 Å². The van der Waals surface area contributed by atoms with Crippen molar-refractivity contribution >= 4 is 44.5 Å². The molecule has 0 radical (unpaired) electrons. The number of thioether (sulfide) groups is 1. The topological polar surface area (TPSA) is 114 Å². The zero-order chi connectivity index (χ0) is 34.3. The molecule has 2 unspecified atom stereocenters. The molecule has 1 aliphatic heterocycles. The number of amidine groups is 1. The molecule has 252 valence electrons. The molecule has 2 aromatic heterocycles. The van der Waals surface area contributed by atoms with E-state index in [0.717, 1.165) is 59.7 Å². The van der Waals surface area contributed by atoms with Crippen molar-refractivity contribution in [3.8, 4) is 11.5 Å². The summed E-state index contributed by atoms with van der Waals surface area (Å²) >= 11 is 4.66. The van der Waals surface area contributed by atoms with Crippen molar-refractivity contribution < 1.29 is 19.1 Å². The number of aryl methyl sites for hydroxylation is 2. The number of pyridine rings is 2. The highest BCUT2D eigenvalue weighted by molar-refractivity contribution is 9.10. The molecule has 1 fully saturated rings. The fourth-order valence-corrected chi connectivity index (χ4v) is 5.99. The van der Waals surface area contributed by atoms with Crippen molar-refractivity contribution in [2.75, 3.05) is 13.2 Å². The van der Waals surface area contributed by atoms with E-state index in [-0.39, 0.29) is 26.9 Å². The summed E-state index contributed by atoms with van der Waals surface area (Å²) in [4.78, 5) is 31.7. The molecular weight excluding hydrogens is 688 g/mol. The molecule has 10 heteroatoms. The first-order chi connectivity index (χ1) is 23.2. The van der Waals surface area contributed by atoms with E-state index in [9.17, 15) is 9.59 Å². The Morgan fingerprint density at radius 1 is 0.812 bits per heavy atom. The fourth-order valence-electron chi connectivity index (χ4n) is 4.73. The molecule has 48 heavy (non-hydrogen) atoms. The highest BCUT2D eigenvalue weighted by Gasteiger charge is 2.29. The van der Waals surface area contributed by atoms with E-state index >= 15 is 0 Å². The number of carbonyl (C=O) groups is 2. The molecule has 0 saturated carbocycles. The maximum absolute atomic E-state index is 11.7. The molecule has 0 bridgehead atoms. The number of ketones is 1. The second-order valence-corrected chi connectivity index (χ2v) is 13.7. The van der Waals surface area contributed by atoms with Gasteiger partial charge < -0.3 is 14.8 Å². The molecule has 1 saturated heterocycles. The number of nitrogens with one attached hydrogen (secondary N) is 2. The van der Waals surface area contributed by atoms with Crippen LogP contribution in [0, 0.1) is 5.41 Å². The number of hydrogen-bond donors (Lipinski definition) is 2. The molecule has 0 spiro atoms. The first-order valence-electron chi connectivity index (χ1n) is 16.2. The number of nitrogens with zero attached hydrogens (tertiary/aromatic N) is 2. The lowest BCUT2D eigenvalue weighted by Gasteiger charge is -2.09. The number of carbonyl (C=O) groups excluding carboxylic acids is 2. The van der Waals surface area contributed by atoms with Crippen molar-refractivity contribution in [2.45, 2.75) is 69.4 Å². The summed E-state index contributed by atoms with van der Waals surface area (Å²) in [6.45, 7) is 7.02. The monoisotopic (exact) mass is 730 g/mol. The minimum atomic E-state index is -0.212. The molecule has 0 aliphatic carbocycles. The number of halogens is 1. The smallest absolute Gasteiger partial charge is 0.239 e. The van der Waals surface area contributed by atoms with Crippen LogP contribution in [-0.4, -0.2) is 50.1 Å². The fraction of sp³-hybridized carbons (Fsp3) is 0.342. The van der Waals surface area contributed by atoms with Crippen LogP contribution in [0.5, 0.6) is 11.5 Å². The summed E-state index contributed by atoms with van der Waals surface area (Å²) in [6, 6.07) is 24.0. The summed E-state index contributed by atoms with van der Waals surface area (Å²) < 4.78 is 11.5. The normalized spacial score (nSPS) is 14.5. The molecular formula is C38H43BrN4O4S. The summed E-state index contributed by atoms with van der Waals surface area (Å²) in [5.74, 6) is 1.71. The molecule has 2 aromatic carbocycles. The van der Waals surface area contributed by atoms with Gasteiger partial charge in [-0.25, -0.2) is 0 Å². The summed E-state index contributed by atoms with van der Waals surface area (Å²) in [5, 5.41) is 10.0. The maximum Gasteiger partial charge on any atom is 0.239 e. The lowest BCUT2D eigenvalue weighted by Crippen LogP contribution is -2.25. The molecule has 5 rings (SSSR count). The second kappa shape index (κ2) is 19.1. The Bertz CT molecular complexity index is 1620. The molecule has 4 aromatic rings. The number of hydrogen-bond acceptors (Lipinski definition) is 8. The minimum Gasteiger partial charge on any atom is -0.493 e. The van der Waals surface area contributed by atoms with Crippen LogP contribution in [-0.2, 0) is 48.1 Å². The predicted octanol–water partition coefficient (Wildman–Crippen LogP) is 7.13. The Hall–Kier alpha value is -4.02. The first-order valence-corrected chi connectivity index (χ1v) is 18.0. The summed E-state index contributed by atoms with van der Waals surface area (Å²) in [6.07, 6.45) is 8.73. The third-order valence-electron chi connectivity index (χ3n) is 7.76. The van der Waals surface area contributed by atoms with Crippen LogP contribution in [0.15, 0.2) is 85.2 Å². The second-order valence-electron chi connectivity index (χ2n) is 11.4. The quantitative estimate of drug-likeness (QED) is 0.125. The van der Waals surface area contributed by atoms with Crippen LogP contribution in [0.1, 0.15) is 54.4 Å². The van der Waals surface area contributed by atoms with Gasteiger partial charge in [0.25, 0.3) is 0 Å². The van der Waals surface area contributed by atoms with E-state index in [2.05, 4.69) is 63.3 Å². The van der Waals surface area contributed by atoms with Gasteiger partial charge in [0.05, 0.1) is 23.3 Å². The SMILES string of the molecule is CCc1ccc(CCOc2ccc(CC(Br)C(C)=O)cc2)nc1.CCc1ccc(CCOc2ccc(CC3SC(=N)NC3=O)cc2)nc1. The molecule has 1 aliphatic rings. The van der Waals surface area contributed by atoms with E-state index in [4.69, 9.17) is 14.9 Å². The molecule has 2 N–H and O–H groups in total. The van der Waals surface area contributed by atoms with Crippen LogP contribution in [0.25, 0.3) is 0 Å². The Balaban J connectivity index is 0.000000218. The largest absolute Gasteiger partial charge is 0.493 e. The number of rotatable bonds is 15. The number of amides is 1. The van der Waals surface area contributed by atoms with Gasteiger partial charge >= 0.3 is 0 Å². The van der Waals surface area contributed by atoms with Gasteiger partial charge in [-0.1, -0.05) is 77.9 Å². The van der Waals surface area contributed by atoms with Crippen LogP contribution >= 0.6 is 27.7 Å². The number of Topliss-reactive ketones (excluding diaryl/α,β-unsaturated/α-hetero) is 1. The van der Waals surface area contributed by atoms with Crippen molar-refractivity contribution in [3.05, 3.63) is 119 Å².